The molecule has 2 aliphatic heterocycles. The molecule has 3 rings (SSSR count). The Kier molecular flexibility index (Phi) is 6.46. The molecule has 0 saturated carbocycles. The van der Waals surface area contributed by atoms with Crippen LogP contribution in [0.15, 0.2) is 24.3 Å². The van der Waals surface area contributed by atoms with Crippen LogP contribution in [0.2, 0.25) is 0 Å². The van der Waals surface area contributed by atoms with Gasteiger partial charge in [0, 0.05) is 18.8 Å². The van der Waals surface area contributed by atoms with E-state index >= 15 is 0 Å². The lowest BCUT2D eigenvalue weighted by Crippen LogP contribution is -2.51. The molecule has 0 aliphatic carbocycles. The van der Waals surface area contributed by atoms with Crippen LogP contribution in [-0.2, 0) is 9.59 Å². The minimum absolute atomic E-state index is 0.112. The second-order valence-electron chi connectivity index (χ2n) is 6.98. The van der Waals surface area contributed by atoms with Crippen molar-refractivity contribution in [1.29, 1.82) is 0 Å². The summed E-state index contributed by atoms with van der Waals surface area (Å²) in [4.78, 5) is 27.1. The molecule has 0 aromatic heterocycles. The standard InChI is InChI=1S/C19H27N3O4/c23-18-13-21(10-7-15-5-8-20-9-6-15)11-12-22(18)16-1-3-17(4-2-16)26-14-19(24)25/h1-4,15,20H,5-14H2,(H,24,25). The van der Waals surface area contributed by atoms with E-state index in [1.807, 2.05) is 0 Å². The molecule has 0 atom stereocenters. The Hall–Kier alpha value is -2.12. The van der Waals surface area contributed by atoms with Crippen LogP contribution >= 0.6 is 0 Å². The quantitative estimate of drug-likeness (QED) is 0.759. The van der Waals surface area contributed by atoms with Gasteiger partial charge in [0.05, 0.1) is 6.54 Å². The molecule has 142 valence electrons. The number of piperazine rings is 1. The van der Waals surface area contributed by atoms with Crippen LogP contribution in [0.1, 0.15) is 19.3 Å². The number of carboxylic acids is 1. The van der Waals surface area contributed by atoms with E-state index in [0.717, 1.165) is 37.8 Å². The lowest BCUT2D eigenvalue weighted by Gasteiger charge is -2.35. The molecule has 0 bridgehead atoms. The number of ether oxygens (including phenoxy) is 1. The van der Waals surface area contributed by atoms with Gasteiger partial charge in [-0.25, -0.2) is 4.79 Å². The van der Waals surface area contributed by atoms with Gasteiger partial charge in [-0.15, -0.1) is 0 Å². The molecule has 2 heterocycles. The van der Waals surface area contributed by atoms with Crippen molar-refractivity contribution in [2.75, 3.05) is 50.8 Å². The summed E-state index contributed by atoms with van der Waals surface area (Å²) < 4.78 is 5.13. The van der Waals surface area contributed by atoms with Crippen LogP contribution in [0.25, 0.3) is 0 Å². The van der Waals surface area contributed by atoms with Gasteiger partial charge in [0.15, 0.2) is 6.61 Å². The predicted octanol–water partition coefficient (Wildman–Crippen LogP) is 1.19. The monoisotopic (exact) mass is 361 g/mol. The molecule has 1 amide bonds. The maximum atomic E-state index is 12.5. The topological polar surface area (TPSA) is 82.1 Å². The molecular formula is C19H27N3O4. The molecule has 0 unspecified atom stereocenters. The van der Waals surface area contributed by atoms with Gasteiger partial charge in [0.2, 0.25) is 5.91 Å². The summed E-state index contributed by atoms with van der Waals surface area (Å²) in [7, 11) is 0. The van der Waals surface area contributed by atoms with Crippen LogP contribution in [0.4, 0.5) is 5.69 Å². The molecule has 7 heteroatoms. The third-order valence-electron chi connectivity index (χ3n) is 5.12. The number of nitrogens with zero attached hydrogens (tertiary/aromatic N) is 2. The largest absolute Gasteiger partial charge is 0.482 e. The lowest BCUT2D eigenvalue weighted by molar-refractivity contribution is -0.139. The van der Waals surface area contributed by atoms with Gasteiger partial charge in [-0.05, 0) is 69.1 Å². The van der Waals surface area contributed by atoms with E-state index < -0.39 is 5.97 Å². The van der Waals surface area contributed by atoms with Crippen LogP contribution < -0.4 is 15.0 Å². The van der Waals surface area contributed by atoms with Crippen molar-refractivity contribution in [3.63, 3.8) is 0 Å². The second kappa shape index (κ2) is 9.00. The molecule has 0 spiro atoms. The summed E-state index contributed by atoms with van der Waals surface area (Å²) in [6, 6.07) is 7.02. The first-order chi connectivity index (χ1) is 12.6. The van der Waals surface area contributed by atoms with Crippen molar-refractivity contribution in [2.24, 2.45) is 5.92 Å². The number of carbonyl (C=O) groups is 2. The number of aliphatic carboxylic acids is 1. The average Bonchev–Trinajstić information content (AvgIpc) is 2.66. The number of amides is 1. The number of hydrogen-bond donors (Lipinski definition) is 2. The van der Waals surface area contributed by atoms with Crippen molar-refractivity contribution in [1.82, 2.24) is 10.2 Å². The molecule has 0 radical (unpaired) electrons. The zero-order valence-corrected chi connectivity index (χ0v) is 15.0. The zero-order chi connectivity index (χ0) is 18.4. The van der Waals surface area contributed by atoms with Gasteiger partial charge >= 0.3 is 5.97 Å². The van der Waals surface area contributed by atoms with Crippen molar-refractivity contribution >= 4 is 17.6 Å². The Balaban J connectivity index is 1.47. The zero-order valence-electron chi connectivity index (χ0n) is 15.0. The maximum Gasteiger partial charge on any atom is 0.341 e. The third kappa shape index (κ3) is 5.19. The molecule has 7 nitrogen and oxygen atoms in total. The van der Waals surface area contributed by atoms with Crippen molar-refractivity contribution in [2.45, 2.75) is 19.3 Å². The summed E-state index contributed by atoms with van der Waals surface area (Å²) in [6.45, 7) is 4.88. The number of rotatable bonds is 7. The maximum absolute atomic E-state index is 12.5. The van der Waals surface area contributed by atoms with E-state index in [4.69, 9.17) is 9.84 Å². The minimum atomic E-state index is -1.01. The van der Waals surface area contributed by atoms with Crippen molar-refractivity contribution in [3.8, 4) is 5.75 Å². The Morgan fingerprint density at radius 1 is 1.19 bits per heavy atom. The van der Waals surface area contributed by atoms with E-state index in [2.05, 4.69) is 10.2 Å². The Morgan fingerprint density at radius 3 is 2.58 bits per heavy atom. The van der Waals surface area contributed by atoms with E-state index in [1.54, 1.807) is 29.2 Å². The minimum Gasteiger partial charge on any atom is -0.482 e. The van der Waals surface area contributed by atoms with Gasteiger partial charge in [-0.1, -0.05) is 0 Å². The molecule has 2 N–H and O–H groups in total. The molecule has 2 aliphatic rings. The van der Waals surface area contributed by atoms with Crippen LogP contribution in [0.3, 0.4) is 0 Å². The van der Waals surface area contributed by atoms with Gasteiger partial charge in [-0.3, -0.25) is 9.69 Å². The Bertz CT molecular complexity index is 614. The van der Waals surface area contributed by atoms with E-state index in [1.165, 1.54) is 19.3 Å². The van der Waals surface area contributed by atoms with Crippen LogP contribution in [0.5, 0.6) is 5.75 Å². The second-order valence-corrected chi connectivity index (χ2v) is 6.98. The smallest absolute Gasteiger partial charge is 0.341 e. The summed E-state index contributed by atoms with van der Waals surface area (Å²) in [6.07, 6.45) is 3.65. The molecule has 1 aromatic carbocycles. The number of hydrogen-bond acceptors (Lipinski definition) is 5. The third-order valence-corrected chi connectivity index (χ3v) is 5.12. The molecule has 1 aromatic rings. The normalized spacial score (nSPS) is 19.5. The Labute approximate surface area is 153 Å². The fourth-order valence-corrected chi connectivity index (χ4v) is 3.59. The first kappa shape index (κ1) is 18.7. The lowest BCUT2D eigenvalue weighted by atomic mass is 9.94. The number of carboxylic acid groups (broad SMARTS) is 1. The van der Waals surface area contributed by atoms with Crippen molar-refractivity contribution < 1.29 is 19.4 Å². The first-order valence-corrected chi connectivity index (χ1v) is 9.30. The summed E-state index contributed by atoms with van der Waals surface area (Å²) >= 11 is 0. The summed E-state index contributed by atoms with van der Waals surface area (Å²) in [5.41, 5.74) is 0.829. The molecule has 2 fully saturated rings. The van der Waals surface area contributed by atoms with E-state index in [9.17, 15) is 9.59 Å². The highest BCUT2D eigenvalue weighted by Gasteiger charge is 2.25. The van der Waals surface area contributed by atoms with E-state index in [-0.39, 0.29) is 12.5 Å². The van der Waals surface area contributed by atoms with E-state index in [0.29, 0.717) is 18.8 Å². The number of carbonyl (C=O) groups excluding carboxylic acids is 1. The van der Waals surface area contributed by atoms with Crippen molar-refractivity contribution in [3.05, 3.63) is 24.3 Å². The molecule has 2 saturated heterocycles. The summed E-state index contributed by atoms with van der Waals surface area (Å²) in [5, 5.41) is 12.0. The number of anilines is 1. The predicted molar refractivity (Wildman–Crippen MR) is 98.6 cm³/mol. The molecule has 26 heavy (non-hydrogen) atoms. The Morgan fingerprint density at radius 2 is 1.92 bits per heavy atom. The highest BCUT2D eigenvalue weighted by atomic mass is 16.5. The molecular weight excluding hydrogens is 334 g/mol. The fourth-order valence-electron chi connectivity index (χ4n) is 3.59. The summed E-state index contributed by atoms with van der Waals surface area (Å²) in [5.74, 6) is 0.373. The van der Waals surface area contributed by atoms with Crippen LogP contribution in [0, 0.1) is 5.92 Å². The highest BCUT2D eigenvalue weighted by molar-refractivity contribution is 5.95. The first-order valence-electron chi connectivity index (χ1n) is 9.30. The number of piperidine rings is 1. The van der Waals surface area contributed by atoms with Gasteiger partial charge in [0.25, 0.3) is 0 Å². The SMILES string of the molecule is O=C(O)COc1ccc(N2CCN(CCC3CCNCC3)CC2=O)cc1. The fraction of sp³-hybridized carbons (Fsp3) is 0.579. The highest BCUT2D eigenvalue weighted by Crippen LogP contribution is 2.22. The number of benzene rings is 1. The van der Waals surface area contributed by atoms with Gasteiger partial charge < -0.3 is 20.1 Å². The van der Waals surface area contributed by atoms with Gasteiger partial charge in [-0.2, -0.15) is 0 Å². The van der Waals surface area contributed by atoms with Crippen LogP contribution in [-0.4, -0.2) is 67.8 Å². The number of nitrogens with one attached hydrogen (secondary N) is 1. The average molecular weight is 361 g/mol. The van der Waals surface area contributed by atoms with Gasteiger partial charge in [0.1, 0.15) is 5.75 Å².